The number of hydrogen-bond donors (Lipinski definition) is 1. The highest BCUT2D eigenvalue weighted by molar-refractivity contribution is 5.52. The normalized spacial score (nSPS) is 29.4. The predicted octanol–water partition coefficient (Wildman–Crippen LogP) is 2.84. The van der Waals surface area contributed by atoms with Crippen molar-refractivity contribution in [3.05, 3.63) is 17.8 Å². The van der Waals surface area contributed by atoms with Crippen molar-refractivity contribution in [2.24, 2.45) is 11.8 Å². The van der Waals surface area contributed by atoms with E-state index in [1.807, 2.05) is 6.92 Å². The standard InChI is InChI=1S/C14H23N3/c1-9-5-10(2)12(4)17(8-9)14-6-11(3)13(15)7-16-14/h6-7,9-10,12H,5,8,15H2,1-4H3. The van der Waals surface area contributed by atoms with E-state index in [0.717, 1.165) is 35.4 Å². The molecule has 0 aliphatic carbocycles. The first-order valence-corrected chi connectivity index (χ1v) is 6.47. The lowest BCUT2D eigenvalue weighted by Gasteiger charge is -2.42. The van der Waals surface area contributed by atoms with Gasteiger partial charge in [0.2, 0.25) is 0 Å². The SMILES string of the molecule is Cc1cc(N2CC(C)CC(C)C2C)ncc1N. The lowest BCUT2D eigenvalue weighted by atomic mass is 9.86. The molecule has 2 rings (SSSR count). The van der Waals surface area contributed by atoms with Gasteiger partial charge in [-0.2, -0.15) is 0 Å². The Bertz CT molecular complexity index is 402. The Balaban J connectivity index is 2.28. The van der Waals surface area contributed by atoms with Gasteiger partial charge in [-0.15, -0.1) is 0 Å². The zero-order valence-corrected chi connectivity index (χ0v) is 11.3. The minimum absolute atomic E-state index is 0.557. The van der Waals surface area contributed by atoms with E-state index in [0.29, 0.717) is 6.04 Å². The lowest BCUT2D eigenvalue weighted by Crippen LogP contribution is -2.46. The highest BCUT2D eigenvalue weighted by Crippen LogP contribution is 2.31. The van der Waals surface area contributed by atoms with Gasteiger partial charge in [0.25, 0.3) is 0 Å². The fraction of sp³-hybridized carbons (Fsp3) is 0.643. The van der Waals surface area contributed by atoms with Gasteiger partial charge in [-0.05, 0) is 43.7 Å². The molecule has 3 atom stereocenters. The highest BCUT2D eigenvalue weighted by Gasteiger charge is 2.29. The van der Waals surface area contributed by atoms with Crippen LogP contribution >= 0.6 is 0 Å². The summed E-state index contributed by atoms with van der Waals surface area (Å²) in [6, 6.07) is 2.66. The van der Waals surface area contributed by atoms with Crippen molar-refractivity contribution in [3.8, 4) is 0 Å². The van der Waals surface area contributed by atoms with E-state index < -0.39 is 0 Å². The number of hydrogen-bond acceptors (Lipinski definition) is 3. The van der Waals surface area contributed by atoms with Gasteiger partial charge in [0.05, 0.1) is 11.9 Å². The zero-order valence-electron chi connectivity index (χ0n) is 11.3. The second-order valence-electron chi connectivity index (χ2n) is 5.61. The fourth-order valence-electron chi connectivity index (χ4n) is 2.73. The molecule has 1 aliphatic rings. The van der Waals surface area contributed by atoms with Gasteiger partial charge in [0.1, 0.15) is 5.82 Å². The summed E-state index contributed by atoms with van der Waals surface area (Å²) in [6.45, 7) is 10.1. The summed E-state index contributed by atoms with van der Waals surface area (Å²) in [6.07, 6.45) is 3.09. The Morgan fingerprint density at radius 1 is 1.35 bits per heavy atom. The molecule has 0 amide bonds. The van der Waals surface area contributed by atoms with Crippen LogP contribution in [-0.2, 0) is 0 Å². The Morgan fingerprint density at radius 2 is 2.06 bits per heavy atom. The highest BCUT2D eigenvalue weighted by atomic mass is 15.2. The van der Waals surface area contributed by atoms with Crippen LogP contribution in [0.5, 0.6) is 0 Å². The summed E-state index contributed by atoms with van der Waals surface area (Å²) in [5.41, 5.74) is 7.72. The van der Waals surface area contributed by atoms with Gasteiger partial charge < -0.3 is 10.6 Å². The van der Waals surface area contributed by atoms with Gasteiger partial charge in [-0.25, -0.2) is 4.98 Å². The van der Waals surface area contributed by atoms with E-state index in [2.05, 4.69) is 36.7 Å². The average molecular weight is 233 g/mol. The molecule has 3 nitrogen and oxygen atoms in total. The molecule has 0 radical (unpaired) electrons. The van der Waals surface area contributed by atoms with Gasteiger partial charge in [-0.3, -0.25) is 0 Å². The van der Waals surface area contributed by atoms with Crippen molar-refractivity contribution in [1.82, 2.24) is 4.98 Å². The second kappa shape index (κ2) is 4.55. The molecule has 1 aromatic rings. The summed E-state index contributed by atoms with van der Waals surface area (Å²) in [5.74, 6) is 2.53. The van der Waals surface area contributed by atoms with Gasteiger partial charge >= 0.3 is 0 Å². The molecule has 3 heteroatoms. The first-order valence-electron chi connectivity index (χ1n) is 6.47. The number of nitrogen functional groups attached to an aromatic ring is 1. The van der Waals surface area contributed by atoms with Crippen LogP contribution in [0.4, 0.5) is 11.5 Å². The van der Waals surface area contributed by atoms with Gasteiger partial charge in [0.15, 0.2) is 0 Å². The first-order chi connectivity index (χ1) is 7.99. The molecule has 0 aromatic carbocycles. The van der Waals surface area contributed by atoms with Crippen LogP contribution in [0.1, 0.15) is 32.8 Å². The molecule has 1 aromatic heterocycles. The summed E-state index contributed by atoms with van der Waals surface area (Å²) >= 11 is 0. The molecule has 1 saturated heterocycles. The summed E-state index contributed by atoms with van der Waals surface area (Å²) in [5, 5.41) is 0. The van der Waals surface area contributed by atoms with Crippen molar-refractivity contribution >= 4 is 11.5 Å². The fourth-order valence-corrected chi connectivity index (χ4v) is 2.73. The largest absolute Gasteiger partial charge is 0.397 e. The van der Waals surface area contributed by atoms with Crippen LogP contribution < -0.4 is 10.6 Å². The summed E-state index contributed by atoms with van der Waals surface area (Å²) < 4.78 is 0. The summed E-state index contributed by atoms with van der Waals surface area (Å²) in [4.78, 5) is 6.90. The van der Waals surface area contributed by atoms with Crippen molar-refractivity contribution in [1.29, 1.82) is 0 Å². The first kappa shape index (κ1) is 12.2. The van der Waals surface area contributed by atoms with Crippen LogP contribution in [0.2, 0.25) is 0 Å². The van der Waals surface area contributed by atoms with Crippen LogP contribution in [0, 0.1) is 18.8 Å². The Kier molecular flexibility index (Phi) is 3.27. The number of pyridine rings is 1. The molecule has 1 aliphatic heterocycles. The van der Waals surface area contributed by atoms with Crippen LogP contribution in [0.3, 0.4) is 0 Å². The van der Waals surface area contributed by atoms with E-state index in [-0.39, 0.29) is 0 Å². The molecule has 17 heavy (non-hydrogen) atoms. The molecule has 94 valence electrons. The number of piperidine rings is 1. The number of nitrogens with two attached hydrogens (primary N) is 1. The smallest absolute Gasteiger partial charge is 0.129 e. The maximum absolute atomic E-state index is 5.83. The maximum atomic E-state index is 5.83. The minimum atomic E-state index is 0.557. The molecule has 0 spiro atoms. The van der Waals surface area contributed by atoms with Crippen molar-refractivity contribution < 1.29 is 0 Å². The van der Waals surface area contributed by atoms with Crippen LogP contribution in [-0.4, -0.2) is 17.6 Å². The van der Waals surface area contributed by atoms with E-state index >= 15 is 0 Å². The topological polar surface area (TPSA) is 42.2 Å². The number of anilines is 2. The van der Waals surface area contributed by atoms with E-state index in [1.54, 1.807) is 6.20 Å². The Morgan fingerprint density at radius 3 is 2.71 bits per heavy atom. The van der Waals surface area contributed by atoms with Crippen molar-refractivity contribution in [2.75, 3.05) is 17.2 Å². The number of aryl methyl sites for hydroxylation is 1. The third-order valence-corrected chi connectivity index (χ3v) is 4.03. The monoisotopic (exact) mass is 233 g/mol. The maximum Gasteiger partial charge on any atom is 0.129 e. The minimum Gasteiger partial charge on any atom is -0.397 e. The third-order valence-electron chi connectivity index (χ3n) is 4.03. The molecule has 2 heterocycles. The third kappa shape index (κ3) is 2.38. The molecular weight excluding hydrogens is 210 g/mol. The Hall–Kier alpha value is -1.25. The zero-order chi connectivity index (χ0) is 12.6. The molecular formula is C14H23N3. The number of nitrogens with zero attached hydrogens (tertiary/aromatic N) is 2. The van der Waals surface area contributed by atoms with E-state index in [9.17, 15) is 0 Å². The van der Waals surface area contributed by atoms with Crippen LogP contribution in [0.15, 0.2) is 12.3 Å². The Labute approximate surface area is 104 Å². The van der Waals surface area contributed by atoms with Crippen LogP contribution in [0.25, 0.3) is 0 Å². The average Bonchev–Trinajstić information content (AvgIpc) is 2.27. The van der Waals surface area contributed by atoms with Gasteiger partial charge in [-0.1, -0.05) is 13.8 Å². The predicted molar refractivity (Wildman–Crippen MR) is 73.1 cm³/mol. The lowest BCUT2D eigenvalue weighted by molar-refractivity contribution is 0.295. The summed E-state index contributed by atoms with van der Waals surface area (Å²) in [7, 11) is 0. The van der Waals surface area contributed by atoms with Gasteiger partial charge in [0, 0.05) is 12.6 Å². The molecule has 0 saturated carbocycles. The molecule has 0 bridgehead atoms. The van der Waals surface area contributed by atoms with E-state index in [4.69, 9.17) is 5.73 Å². The quantitative estimate of drug-likeness (QED) is 0.811. The van der Waals surface area contributed by atoms with Crippen molar-refractivity contribution in [3.63, 3.8) is 0 Å². The van der Waals surface area contributed by atoms with E-state index in [1.165, 1.54) is 6.42 Å². The number of rotatable bonds is 1. The number of aromatic nitrogens is 1. The second-order valence-corrected chi connectivity index (χ2v) is 5.61. The molecule has 3 unspecified atom stereocenters. The molecule has 2 N–H and O–H groups in total. The molecule has 1 fully saturated rings. The van der Waals surface area contributed by atoms with Crippen molar-refractivity contribution in [2.45, 2.75) is 40.2 Å².